The average molecular weight is 357 g/mol. The Morgan fingerprint density at radius 1 is 1.15 bits per heavy atom. The molecule has 2 aromatic carbocycles. The maximum Gasteiger partial charge on any atom is 0.261 e. The number of anilines is 2. The van der Waals surface area contributed by atoms with E-state index in [1.54, 1.807) is 30.3 Å². The van der Waals surface area contributed by atoms with Crippen molar-refractivity contribution in [3.8, 4) is 5.75 Å². The fraction of sp³-hybridized carbons (Fsp3) is 0.0769. The molecule has 0 unspecified atom stereocenters. The van der Waals surface area contributed by atoms with Crippen molar-refractivity contribution >= 4 is 37.3 Å². The number of benzene rings is 2. The Morgan fingerprint density at radius 3 is 2.35 bits per heavy atom. The first kappa shape index (κ1) is 14.7. The van der Waals surface area contributed by atoms with Crippen LogP contribution in [0.25, 0.3) is 0 Å². The molecule has 106 valence electrons. The van der Waals surface area contributed by atoms with Gasteiger partial charge in [0.05, 0.1) is 16.5 Å². The van der Waals surface area contributed by atoms with Gasteiger partial charge in [-0.15, -0.1) is 0 Å². The minimum absolute atomic E-state index is 0.141. The third-order valence-electron chi connectivity index (χ3n) is 2.60. The lowest BCUT2D eigenvalue weighted by Gasteiger charge is -2.10. The number of nitrogen functional groups attached to an aromatic ring is 1. The lowest BCUT2D eigenvalue weighted by atomic mass is 10.3. The lowest BCUT2D eigenvalue weighted by Crippen LogP contribution is -2.13. The highest BCUT2D eigenvalue weighted by atomic mass is 79.9. The molecular formula is C13H13BrN2O3S. The average Bonchev–Trinajstić information content (AvgIpc) is 2.41. The first-order valence-corrected chi connectivity index (χ1v) is 7.92. The van der Waals surface area contributed by atoms with E-state index >= 15 is 0 Å². The summed E-state index contributed by atoms with van der Waals surface area (Å²) in [5, 5.41) is 0. The van der Waals surface area contributed by atoms with Crippen LogP contribution in [-0.2, 0) is 10.0 Å². The van der Waals surface area contributed by atoms with Crippen molar-refractivity contribution in [1.82, 2.24) is 0 Å². The number of nitrogens with one attached hydrogen (secondary N) is 1. The molecule has 3 N–H and O–H groups in total. The molecule has 0 aliphatic rings. The number of halogens is 1. The van der Waals surface area contributed by atoms with Crippen LogP contribution in [0.2, 0.25) is 0 Å². The number of methoxy groups -OCH3 is 1. The van der Waals surface area contributed by atoms with Crippen LogP contribution in [-0.4, -0.2) is 15.5 Å². The predicted octanol–water partition coefficient (Wildman–Crippen LogP) is 2.84. The molecule has 2 rings (SSSR count). The van der Waals surface area contributed by atoms with Gasteiger partial charge in [0.2, 0.25) is 0 Å². The Hall–Kier alpha value is -1.73. The molecule has 2 aromatic rings. The van der Waals surface area contributed by atoms with Crippen molar-refractivity contribution in [3.63, 3.8) is 0 Å². The van der Waals surface area contributed by atoms with E-state index < -0.39 is 10.0 Å². The van der Waals surface area contributed by atoms with E-state index in [0.29, 0.717) is 21.6 Å². The van der Waals surface area contributed by atoms with Crippen molar-refractivity contribution < 1.29 is 13.2 Å². The highest BCUT2D eigenvalue weighted by Gasteiger charge is 2.16. The summed E-state index contributed by atoms with van der Waals surface area (Å²) in [4.78, 5) is 0.141. The summed E-state index contributed by atoms with van der Waals surface area (Å²) >= 11 is 3.26. The summed E-state index contributed by atoms with van der Waals surface area (Å²) in [6, 6.07) is 11.0. The van der Waals surface area contributed by atoms with Gasteiger partial charge in [-0.2, -0.15) is 0 Å². The predicted molar refractivity (Wildman–Crippen MR) is 82.4 cm³/mol. The summed E-state index contributed by atoms with van der Waals surface area (Å²) < 4.78 is 32.6. The monoisotopic (exact) mass is 356 g/mol. The van der Waals surface area contributed by atoms with Gasteiger partial charge in [0, 0.05) is 11.4 Å². The number of hydrogen-bond acceptors (Lipinski definition) is 4. The normalized spacial score (nSPS) is 11.1. The van der Waals surface area contributed by atoms with E-state index in [1.165, 1.54) is 19.2 Å². The van der Waals surface area contributed by atoms with Crippen LogP contribution >= 0.6 is 15.9 Å². The SMILES string of the molecule is COc1ccc(S(=O)(=O)Nc2ccc(N)cc2)cc1Br. The number of hydrogen-bond donors (Lipinski definition) is 2. The van der Waals surface area contributed by atoms with Gasteiger partial charge in [0.15, 0.2) is 0 Å². The smallest absolute Gasteiger partial charge is 0.261 e. The molecule has 20 heavy (non-hydrogen) atoms. The standard InChI is InChI=1S/C13H13BrN2O3S/c1-19-13-7-6-11(8-12(13)14)20(17,18)16-10-4-2-9(15)3-5-10/h2-8,16H,15H2,1H3. The van der Waals surface area contributed by atoms with Crippen LogP contribution < -0.4 is 15.2 Å². The molecule has 0 fully saturated rings. The molecule has 0 spiro atoms. The van der Waals surface area contributed by atoms with Gasteiger partial charge in [-0.05, 0) is 58.4 Å². The maximum absolute atomic E-state index is 12.2. The fourth-order valence-corrected chi connectivity index (χ4v) is 3.36. The highest BCUT2D eigenvalue weighted by molar-refractivity contribution is 9.10. The number of nitrogens with two attached hydrogens (primary N) is 1. The van der Waals surface area contributed by atoms with Crippen LogP contribution in [0.5, 0.6) is 5.75 Å². The van der Waals surface area contributed by atoms with Gasteiger partial charge >= 0.3 is 0 Å². The molecule has 0 aromatic heterocycles. The van der Waals surface area contributed by atoms with E-state index in [4.69, 9.17) is 10.5 Å². The Balaban J connectivity index is 2.30. The van der Waals surface area contributed by atoms with E-state index in [2.05, 4.69) is 20.7 Å². The Bertz CT molecular complexity index is 715. The molecule has 0 saturated heterocycles. The van der Waals surface area contributed by atoms with E-state index in [9.17, 15) is 8.42 Å². The van der Waals surface area contributed by atoms with Crippen LogP contribution in [0.3, 0.4) is 0 Å². The van der Waals surface area contributed by atoms with Crippen molar-refractivity contribution in [2.75, 3.05) is 17.6 Å². The lowest BCUT2D eigenvalue weighted by molar-refractivity contribution is 0.411. The molecule has 0 amide bonds. The van der Waals surface area contributed by atoms with Gasteiger partial charge in [-0.3, -0.25) is 4.72 Å². The van der Waals surface area contributed by atoms with E-state index in [-0.39, 0.29) is 4.90 Å². The molecular weight excluding hydrogens is 344 g/mol. The zero-order valence-corrected chi connectivity index (χ0v) is 13.0. The maximum atomic E-state index is 12.2. The molecule has 0 aliphatic heterocycles. The third kappa shape index (κ3) is 3.23. The van der Waals surface area contributed by atoms with Crippen molar-refractivity contribution in [1.29, 1.82) is 0 Å². The Kier molecular flexibility index (Phi) is 4.20. The summed E-state index contributed by atoms with van der Waals surface area (Å²) in [7, 11) is -2.14. The molecule has 0 atom stereocenters. The first-order chi connectivity index (χ1) is 9.42. The number of ether oxygens (including phenoxy) is 1. The van der Waals surface area contributed by atoms with Gasteiger partial charge < -0.3 is 10.5 Å². The Labute approximate surface area is 125 Å². The molecule has 0 radical (unpaired) electrons. The third-order valence-corrected chi connectivity index (χ3v) is 4.60. The van der Waals surface area contributed by atoms with Crippen molar-refractivity contribution in [2.45, 2.75) is 4.90 Å². The Morgan fingerprint density at radius 2 is 1.80 bits per heavy atom. The van der Waals surface area contributed by atoms with Gasteiger partial charge in [0.25, 0.3) is 10.0 Å². The zero-order valence-electron chi connectivity index (χ0n) is 10.6. The van der Waals surface area contributed by atoms with Crippen LogP contribution in [0.4, 0.5) is 11.4 Å². The second kappa shape index (κ2) is 5.72. The van der Waals surface area contributed by atoms with Gasteiger partial charge in [-0.1, -0.05) is 0 Å². The van der Waals surface area contributed by atoms with E-state index in [0.717, 1.165) is 0 Å². The fourth-order valence-electron chi connectivity index (χ4n) is 1.58. The summed E-state index contributed by atoms with van der Waals surface area (Å²) in [6.45, 7) is 0. The molecule has 5 nitrogen and oxygen atoms in total. The molecule has 0 heterocycles. The second-order valence-corrected chi connectivity index (χ2v) is 6.56. The largest absolute Gasteiger partial charge is 0.496 e. The second-order valence-electron chi connectivity index (χ2n) is 4.02. The minimum Gasteiger partial charge on any atom is -0.496 e. The molecule has 0 bridgehead atoms. The topological polar surface area (TPSA) is 81.4 Å². The molecule has 0 aliphatic carbocycles. The summed E-state index contributed by atoms with van der Waals surface area (Å²) in [5.74, 6) is 0.566. The minimum atomic E-state index is -3.65. The summed E-state index contributed by atoms with van der Waals surface area (Å²) in [6.07, 6.45) is 0. The zero-order chi connectivity index (χ0) is 14.8. The van der Waals surface area contributed by atoms with Crippen molar-refractivity contribution in [2.24, 2.45) is 0 Å². The van der Waals surface area contributed by atoms with E-state index in [1.807, 2.05) is 0 Å². The van der Waals surface area contributed by atoms with Gasteiger partial charge in [-0.25, -0.2) is 8.42 Å². The number of sulfonamides is 1. The quantitative estimate of drug-likeness (QED) is 0.825. The van der Waals surface area contributed by atoms with Crippen LogP contribution in [0.15, 0.2) is 51.8 Å². The molecule has 7 heteroatoms. The first-order valence-electron chi connectivity index (χ1n) is 5.64. The number of rotatable bonds is 4. The summed E-state index contributed by atoms with van der Waals surface area (Å²) in [5.41, 5.74) is 6.58. The molecule has 0 saturated carbocycles. The van der Waals surface area contributed by atoms with Crippen molar-refractivity contribution in [3.05, 3.63) is 46.9 Å². The highest BCUT2D eigenvalue weighted by Crippen LogP contribution is 2.28. The van der Waals surface area contributed by atoms with Crippen LogP contribution in [0, 0.1) is 0 Å². The van der Waals surface area contributed by atoms with Crippen LogP contribution in [0.1, 0.15) is 0 Å². The van der Waals surface area contributed by atoms with Gasteiger partial charge in [0.1, 0.15) is 5.75 Å².